The molecule has 2 aromatic rings. The first-order valence-corrected chi connectivity index (χ1v) is 8.55. The number of hydrogen-bond acceptors (Lipinski definition) is 4. The molecule has 6 nitrogen and oxygen atoms in total. The molecule has 0 aromatic heterocycles. The van der Waals surface area contributed by atoms with Crippen LogP contribution in [-0.2, 0) is 14.3 Å². The molecule has 0 bridgehead atoms. The van der Waals surface area contributed by atoms with Crippen LogP contribution in [0.4, 0.5) is 5.69 Å². The van der Waals surface area contributed by atoms with E-state index in [2.05, 4.69) is 5.32 Å². The molecule has 136 valence electrons. The lowest BCUT2D eigenvalue weighted by atomic mass is 10.1. The van der Waals surface area contributed by atoms with E-state index in [1.807, 2.05) is 30.3 Å². The maximum atomic E-state index is 12.8. The highest BCUT2D eigenvalue weighted by Gasteiger charge is 2.24. The molecule has 3 rings (SSSR count). The number of nitrogens with zero attached hydrogens (tertiary/aromatic N) is 1. The molecule has 6 heteroatoms. The van der Waals surface area contributed by atoms with Gasteiger partial charge in [0.1, 0.15) is 0 Å². The Morgan fingerprint density at radius 2 is 1.69 bits per heavy atom. The Kier molecular flexibility index (Phi) is 5.99. The summed E-state index contributed by atoms with van der Waals surface area (Å²) in [7, 11) is 1.49. The van der Waals surface area contributed by atoms with Crippen LogP contribution in [0.25, 0.3) is 0 Å². The maximum Gasteiger partial charge on any atom is 0.258 e. The minimum Gasteiger partial charge on any atom is -0.378 e. The van der Waals surface area contributed by atoms with Gasteiger partial charge in [0.05, 0.1) is 24.5 Å². The Balaban J connectivity index is 1.79. The van der Waals surface area contributed by atoms with Crippen molar-refractivity contribution < 1.29 is 19.1 Å². The predicted octanol–water partition coefficient (Wildman–Crippen LogP) is 2.49. The van der Waals surface area contributed by atoms with Crippen molar-refractivity contribution in [1.82, 2.24) is 4.90 Å². The summed E-state index contributed by atoms with van der Waals surface area (Å²) in [5.41, 5.74) is 1.70. The van der Waals surface area contributed by atoms with E-state index in [0.717, 1.165) is 5.56 Å². The van der Waals surface area contributed by atoms with Crippen LogP contribution in [0.3, 0.4) is 0 Å². The normalized spacial score (nSPS) is 15.3. The zero-order valence-corrected chi connectivity index (χ0v) is 14.7. The zero-order valence-electron chi connectivity index (χ0n) is 14.7. The molecule has 0 spiro atoms. The second-order valence-electron chi connectivity index (χ2n) is 5.97. The van der Waals surface area contributed by atoms with Crippen molar-refractivity contribution in [2.75, 3.05) is 38.7 Å². The molecule has 1 N–H and O–H groups in total. The Morgan fingerprint density at radius 1 is 1.04 bits per heavy atom. The van der Waals surface area contributed by atoms with Crippen LogP contribution in [0.1, 0.15) is 22.0 Å². The van der Waals surface area contributed by atoms with E-state index < -0.39 is 6.10 Å². The molecular formula is C20H22N2O4. The van der Waals surface area contributed by atoms with Crippen LogP contribution in [0.15, 0.2) is 54.6 Å². The average Bonchev–Trinajstić information content (AvgIpc) is 2.70. The molecule has 0 unspecified atom stereocenters. The number of methoxy groups -OCH3 is 1. The second kappa shape index (κ2) is 8.60. The summed E-state index contributed by atoms with van der Waals surface area (Å²) in [6, 6.07) is 16.3. The first-order chi connectivity index (χ1) is 12.7. The Morgan fingerprint density at radius 3 is 2.38 bits per heavy atom. The van der Waals surface area contributed by atoms with Gasteiger partial charge in [0.25, 0.3) is 11.8 Å². The van der Waals surface area contributed by atoms with E-state index >= 15 is 0 Å². The van der Waals surface area contributed by atoms with Gasteiger partial charge in [-0.1, -0.05) is 42.5 Å². The van der Waals surface area contributed by atoms with Crippen molar-refractivity contribution in [2.24, 2.45) is 0 Å². The minimum absolute atomic E-state index is 0.113. The van der Waals surface area contributed by atoms with Gasteiger partial charge in [0, 0.05) is 20.2 Å². The second-order valence-corrected chi connectivity index (χ2v) is 5.97. The van der Waals surface area contributed by atoms with Gasteiger partial charge in [-0.25, -0.2) is 0 Å². The van der Waals surface area contributed by atoms with Crippen molar-refractivity contribution in [2.45, 2.75) is 6.10 Å². The first-order valence-electron chi connectivity index (χ1n) is 8.55. The van der Waals surface area contributed by atoms with Crippen molar-refractivity contribution in [1.29, 1.82) is 0 Å². The van der Waals surface area contributed by atoms with Gasteiger partial charge in [0.15, 0.2) is 6.10 Å². The summed E-state index contributed by atoms with van der Waals surface area (Å²) in [6.45, 7) is 2.15. The van der Waals surface area contributed by atoms with Crippen LogP contribution >= 0.6 is 0 Å². The molecule has 26 heavy (non-hydrogen) atoms. The maximum absolute atomic E-state index is 12.8. The smallest absolute Gasteiger partial charge is 0.258 e. The summed E-state index contributed by atoms with van der Waals surface area (Å²) in [4.78, 5) is 27.2. The summed E-state index contributed by atoms with van der Waals surface area (Å²) in [5, 5.41) is 2.84. The lowest BCUT2D eigenvalue weighted by Gasteiger charge is -2.27. The third-order valence-corrected chi connectivity index (χ3v) is 4.29. The zero-order chi connectivity index (χ0) is 18.4. The standard InChI is InChI=1S/C20H22N2O4/c1-25-18(15-7-3-2-4-8-15)19(23)21-17-10-6-5-9-16(17)20(24)22-11-13-26-14-12-22/h2-10,18H,11-14H2,1H3,(H,21,23)/t18-/m0/s1. The minimum atomic E-state index is -0.747. The molecule has 1 aliphatic rings. The number of nitrogens with one attached hydrogen (secondary N) is 1. The fourth-order valence-corrected chi connectivity index (χ4v) is 2.94. The molecule has 1 aliphatic heterocycles. The highest BCUT2D eigenvalue weighted by Crippen LogP contribution is 2.22. The first kappa shape index (κ1) is 18.1. The van der Waals surface area contributed by atoms with Crippen molar-refractivity contribution in [3.8, 4) is 0 Å². The lowest BCUT2D eigenvalue weighted by Crippen LogP contribution is -2.41. The number of morpholine rings is 1. The fourth-order valence-electron chi connectivity index (χ4n) is 2.94. The number of rotatable bonds is 5. The molecule has 1 atom stereocenters. The number of carbonyl (C=O) groups excluding carboxylic acids is 2. The van der Waals surface area contributed by atoms with Gasteiger partial charge in [-0.2, -0.15) is 0 Å². The molecule has 1 saturated heterocycles. The van der Waals surface area contributed by atoms with E-state index in [-0.39, 0.29) is 11.8 Å². The topological polar surface area (TPSA) is 67.9 Å². The van der Waals surface area contributed by atoms with Gasteiger partial charge in [-0.05, 0) is 17.7 Å². The Hall–Kier alpha value is -2.70. The quantitative estimate of drug-likeness (QED) is 0.896. The molecule has 2 aromatic carbocycles. The number of anilines is 1. The molecule has 2 amide bonds. The summed E-state index contributed by atoms with van der Waals surface area (Å²) in [6.07, 6.45) is -0.747. The van der Waals surface area contributed by atoms with Crippen LogP contribution < -0.4 is 5.32 Å². The van der Waals surface area contributed by atoms with E-state index in [4.69, 9.17) is 9.47 Å². The van der Waals surface area contributed by atoms with Crippen molar-refractivity contribution >= 4 is 17.5 Å². The fraction of sp³-hybridized carbons (Fsp3) is 0.300. The molecule has 1 fully saturated rings. The number of hydrogen-bond donors (Lipinski definition) is 1. The average molecular weight is 354 g/mol. The monoisotopic (exact) mass is 354 g/mol. The number of para-hydroxylation sites is 1. The lowest BCUT2D eigenvalue weighted by molar-refractivity contribution is -0.126. The molecular weight excluding hydrogens is 332 g/mol. The van der Waals surface area contributed by atoms with Gasteiger partial charge >= 0.3 is 0 Å². The summed E-state index contributed by atoms with van der Waals surface area (Å²) < 4.78 is 10.7. The van der Waals surface area contributed by atoms with Crippen LogP contribution in [0.2, 0.25) is 0 Å². The van der Waals surface area contributed by atoms with E-state index in [0.29, 0.717) is 37.6 Å². The largest absolute Gasteiger partial charge is 0.378 e. The number of amides is 2. The molecule has 0 saturated carbocycles. The van der Waals surface area contributed by atoms with Crippen molar-refractivity contribution in [3.05, 3.63) is 65.7 Å². The van der Waals surface area contributed by atoms with Crippen LogP contribution in [0.5, 0.6) is 0 Å². The summed E-state index contributed by atoms with van der Waals surface area (Å²) >= 11 is 0. The van der Waals surface area contributed by atoms with Gasteiger partial charge in [-0.15, -0.1) is 0 Å². The van der Waals surface area contributed by atoms with Gasteiger partial charge in [0.2, 0.25) is 0 Å². The van der Waals surface area contributed by atoms with E-state index in [1.165, 1.54) is 7.11 Å². The molecule has 0 aliphatic carbocycles. The number of ether oxygens (including phenoxy) is 2. The number of carbonyl (C=O) groups is 2. The Labute approximate surface area is 152 Å². The third kappa shape index (κ3) is 4.09. The highest BCUT2D eigenvalue weighted by atomic mass is 16.5. The van der Waals surface area contributed by atoms with Crippen LogP contribution in [-0.4, -0.2) is 50.1 Å². The van der Waals surface area contributed by atoms with E-state index in [9.17, 15) is 9.59 Å². The molecule has 0 radical (unpaired) electrons. The predicted molar refractivity (Wildman–Crippen MR) is 98.0 cm³/mol. The molecule has 1 heterocycles. The SMILES string of the molecule is CO[C@H](C(=O)Nc1ccccc1C(=O)N1CCOCC1)c1ccccc1. The van der Waals surface area contributed by atoms with Gasteiger partial charge in [-0.3, -0.25) is 9.59 Å². The van der Waals surface area contributed by atoms with Crippen molar-refractivity contribution in [3.63, 3.8) is 0 Å². The Bertz CT molecular complexity index is 757. The van der Waals surface area contributed by atoms with E-state index in [1.54, 1.807) is 29.2 Å². The van der Waals surface area contributed by atoms with Crippen LogP contribution in [0, 0.1) is 0 Å². The summed E-state index contributed by atoms with van der Waals surface area (Å²) in [5.74, 6) is -0.432. The third-order valence-electron chi connectivity index (χ3n) is 4.29. The van der Waals surface area contributed by atoms with Gasteiger partial charge < -0.3 is 19.7 Å². The highest BCUT2D eigenvalue weighted by molar-refractivity contribution is 6.04. The number of benzene rings is 2.